The van der Waals surface area contributed by atoms with E-state index < -0.39 is 17.5 Å². The minimum atomic E-state index is -1.29. The van der Waals surface area contributed by atoms with E-state index in [0.29, 0.717) is 22.0 Å². The molecule has 0 saturated carbocycles. The van der Waals surface area contributed by atoms with Gasteiger partial charge >= 0.3 is 5.97 Å². The number of hydrogen-bond donors (Lipinski definition) is 2. The van der Waals surface area contributed by atoms with E-state index in [1.54, 1.807) is 4.57 Å². The average Bonchev–Trinajstić information content (AvgIpc) is 2.64. The number of rotatable bonds is 3. The fourth-order valence-corrected chi connectivity index (χ4v) is 4.05. The average molecular weight is 394 g/mol. The monoisotopic (exact) mass is 393 g/mol. The number of ether oxygens (including phenoxy) is 1. The number of carboxylic acid groups (broad SMARTS) is 1. The molecule has 1 atom stereocenters. The number of carbonyl (C=O) groups is 1. The highest BCUT2D eigenvalue weighted by Gasteiger charge is 2.31. The van der Waals surface area contributed by atoms with Gasteiger partial charge in [0.05, 0.1) is 29.1 Å². The normalized spacial score (nSPS) is 20.0. The van der Waals surface area contributed by atoms with Crippen molar-refractivity contribution in [1.29, 1.82) is 0 Å². The summed E-state index contributed by atoms with van der Waals surface area (Å²) in [4.78, 5) is 28.5. The minimum Gasteiger partial charge on any atom is -0.482 e. The molecule has 0 radical (unpaired) electrons. The van der Waals surface area contributed by atoms with E-state index in [0.717, 1.165) is 26.2 Å². The topological polar surface area (TPSA) is 95.2 Å². The maximum absolute atomic E-state index is 12.7. The second-order valence-electron chi connectivity index (χ2n) is 6.97. The van der Waals surface area contributed by atoms with Gasteiger partial charge in [0, 0.05) is 32.4 Å². The molecule has 4 rings (SSSR count). The predicted octanol–water partition coefficient (Wildman–Crippen LogP) is 0.858. The van der Waals surface area contributed by atoms with Crippen molar-refractivity contribution in [2.45, 2.75) is 12.6 Å². The van der Waals surface area contributed by atoms with E-state index in [-0.39, 0.29) is 24.1 Å². The SMILES string of the molecule is CN1CCN(c2c(Cl)cc3c(=O)c(C(=O)O)cn4c3c2OC(CO)C4)CC1. The molecule has 1 fully saturated rings. The molecule has 2 N–H and O–H groups in total. The van der Waals surface area contributed by atoms with Crippen LogP contribution < -0.4 is 15.1 Å². The molecule has 1 aromatic heterocycles. The Labute approximate surface area is 160 Å². The molecule has 9 heteroatoms. The van der Waals surface area contributed by atoms with Gasteiger partial charge in [0.2, 0.25) is 5.43 Å². The summed E-state index contributed by atoms with van der Waals surface area (Å²) in [7, 11) is 2.05. The first-order valence-corrected chi connectivity index (χ1v) is 9.12. The molecule has 2 aliphatic rings. The Kier molecular flexibility index (Phi) is 4.49. The van der Waals surface area contributed by atoms with Crippen molar-refractivity contribution >= 4 is 34.2 Å². The number of carboxylic acids is 1. The molecule has 2 aliphatic heterocycles. The third-order valence-electron chi connectivity index (χ3n) is 5.18. The number of aromatic nitrogens is 1. The Morgan fingerprint density at radius 2 is 2.04 bits per heavy atom. The Hall–Kier alpha value is -2.29. The third kappa shape index (κ3) is 2.93. The van der Waals surface area contributed by atoms with Crippen molar-refractivity contribution in [2.24, 2.45) is 0 Å². The van der Waals surface area contributed by atoms with Crippen molar-refractivity contribution < 1.29 is 19.7 Å². The molecule has 0 amide bonds. The van der Waals surface area contributed by atoms with Crippen LogP contribution in [-0.2, 0) is 6.54 Å². The summed E-state index contributed by atoms with van der Waals surface area (Å²) in [5.41, 5.74) is 0.294. The Morgan fingerprint density at radius 3 is 2.67 bits per heavy atom. The van der Waals surface area contributed by atoms with Gasteiger partial charge < -0.3 is 29.3 Å². The van der Waals surface area contributed by atoms with Gasteiger partial charge in [-0.05, 0) is 13.1 Å². The minimum absolute atomic E-state index is 0.212. The van der Waals surface area contributed by atoms with Gasteiger partial charge in [-0.1, -0.05) is 11.6 Å². The first kappa shape index (κ1) is 18.1. The maximum Gasteiger partial charge on any atom is 0.341 e. The number of aliphatic hydroxyl groups excluding tert-OH is 1. The summed E-state index contributed by atoms with van der Waals surface area (Å²) in [6.07, 6.45) is 0.776. The van der Waals surface area contributed by atoms with Crippen molar-refractivity contribution in [2.75, 3.05) is 44.7 Å². The lowest BCUT2D eigenvalue weighted by molar-refractivity contribution is 0.0692. The highest BCUT2D eigenvalue weighted by atomic mass is 35.5. The molecule has 2 aromatic rings. The van der Waals surface area contributed by atoms with E-state index in [2.05, 4.69) is 9.80 Å². The molecule has 1 saturated heterocycles. The highest BCUT2D eigenvalue weighted by molar-refractivity contribution is 6.35. The van der Waals surface area contributed by atoms with Crippen LogP contribution >= 0.6 is 11.6 Å². The number of hydrogen-bond acceptors (Lipinski definition) is 6. The zero-order valence-electron chi connectivity index (χ0n) is 14.8. The fourth-order valence-electron chi connectivity index (χ4n) is 3.74. The van der Waals surface area contributed by atoms with Crippen LogP contribution in [0, 0.1) is 0 Å². The first-order valence-electron chi connectivity index (χ1n) is 8.74. The standard InChI is InChI=1S/C18H20ClN3O5/c1-20-2-4-21(5-3-20)15-13(19)6-11-14-17(15)27-10(9-23)7-22(14)8-12(16(11)24)18(25)26/h6,8,10,23H,2-5,7,9H2,1H3,(H,25,26). The lowest BCUT2D eigenvalue weighted by Crippen LogP contribution is -2.45. The second-order valence-corrected chi connectivity index (χ2v) is 7.38. The summed E-state index contributed by atoms with van der Waals surface area (Å²) >= 11 is 6.53. The van der Waals surface area contributed by atoms with Gasteiger partial charge in [0.15, 0.2) is 5.75 Å². The predicted molar refractivity (Wildman–Crippen MR) is 101 cm³/mol. The summed E-state index contributed by atoms with van der Waals surface area (Å²) in [6, 6.07) is 1.53. The summed E-state index contributed by atoms with van der Waals surface area (Å²) in [6.45, 7) is 3.25. The van der Waals surface area contributed by atoms with Gasteiger partial charge in [-0.3, -0.25) is 4.79 Å². The van der Waals surface area contributed by atoms with Crippen LogP contribution in [0.3, 0.4) is 0 Å². The quantitative estimate of drug-likeness (QED) is 0.798. The van der Waals surface area contributed by atoms with E-state index in [9.17, 15) is 19.8 Å². The number of aliphatic hydroxyl groups is 1. The number of nitrogens with zero attached hydrogens (tertiary/aromatic N) is 3. The highest BCUT2D eigenvalue weighted by Crippen LogP contribution is 2.44. The van der Waals surface area contributed by atoms with E-state index >= 15 is 0 Å². The number of piperazine rings is 1. The van der Waals surface area contributed by atoms with Gasteiger partial charge in [0.1, 0.15) is 17.4 Å². The van der Waals surface area contributed by atoms with Crippen molar-refractivity contribution in [3.8, 4) is 5.75 Å². The molecule has 0 bridgehead atoms. The van der Waals surface area contributed by atoms with Gasteiger partial charge in [-0.2, -0.15) is 0 Å². The zero-order valence-corrected chi connectivity index (χ0v) is 15.6. The Bertz CT molecular complexity index is 981. The lowest BCUT2D eigenvalue weighted by atomic mass is 10.1. The zero-order chi connectivity index (χ0) is 19.3. The van der Waals surface area contributed by atoms with Gasteiger partial charge in [-0.25, -0.2) is 4.79 Å². The fraction of sp³-hybridized carbons (Fsp3) is 0.444. The number of anilines is 1. The molecule has 3 heterocycles. The van der Waals surface area contributed by atoms with Crippen LogP contribution in [0.5, 0.6) is 5.75 Å². The van der Waals surface area contributed by atoms with Crippen LogP contribution in [0.2, 0.25) is 5.02 Å². The largest absolute Gasteiger partial charge is 0.482 e. The first-order chi connectivity index (χ1) is 12.9. The molecule has 1 unspecified atom stereocenters. The Morgan fingerprint density at radius 1 is 1.33 bits per heavy atom. The summed E-state index contributed by atoms with van der Waals surface area (Å²) < 4.78 is 7.68. The van der Waals surface area contributed by atoms with Crippen molar-refractivity contribution in [1.82, 2.24) is 9.47 Å². The molecule has 0 aliphatic carbocycles. The van der Waals surface area contributed by atoms with Crippen LogP contribution in [-0.4, -0.2) is 71.6 Å². The summed E-state index contributed by atoms with van der Waals surface area (Å²) in [5, 5.41) is 19.6. The van der Waals surface area contributed by atoms with E-state index in [4.69, 9.17) is 16.3 Å². The van der Waals surface area contributed by atoms with E-state index in [1.165, 1.54) is 12.3 Å². The summed E-state index contributed by atoms with van der Waals surface area (Å²) in [5.74, 6) is -0.861. The smallest absolute Gasteiger partial charge is 0.341 e. The number of benzene rings is 1. The number of likely N-dealkylation sites (N-methyl/N-ethyl adjacent to an activating group) is 1. The molecule has 144 valence electrons. The number of pyridine rings is 1. The molecule has 8 nitrogen and oxygen atoms in total. The second kappa shape index (κ2) is 6.70. The molecule has 0 spiro atoms. The molecule has 1 aromatic carbocycles. The van der Waals surface area contributed by atoms with Gasteiger partial charge in [0.25, 0.3) is 0 Å². The third-order valence-corrected chi connectivity index (χ3v) is 5.47. The van der Waals surface area contributed by atoms with Crippen molar-refractivity contribution in [3.63, 3.8) is 0 Å². The van der Waals surface area contributed by atoms with Crippen LogP contribution in [0.25, 0.3) is 10.9 Å². The number of halogens is 1. The molecular weight excluding hydrogens is 374 g/mol. The number of aromatic carboxylic acids is 1. The van der Waals surface area contributed by atoms with Crippen molar-refractivity contribution in [3.05, 3.63) is 33.1 Å². The van der Waals surface area contributed by atoms with Gasteiger partial charge in [-0.15, -0.1) is 0 Å². The van der Waals surface area contributed by atoms with Crippen LogP contribution in [0.1, 0.15) is 10.4 Å². The van der Waals surface area contributed by atoms with E-state index in [1.807, 2.05) is 7.05 Å². The van der Waals surface area contributed by atoms with Crippen LogP contribution in [0.15, 0.2) is 17.1 Å². The van der Waals surface area contributed by atoms with Crippen LogP contribution in [0.4, 0.5) is 5.69 Å². The molecule has 27 heavy (non-hydrogen) atoms. The lowest BCUT2D eigenvalue weighted by Gasteiger charge is -2.37. The Balaban J connectivity index is 1.99. The maximum atomic E-state index is 12.7. The molecular formula is C18H20ClN3O5.